The van der Waals surface area contributed by atoms with E-state index < -0.39 is 11.0 Å². The number of carbonyl (C=O) groups excluding carboxylic acids is 1. The Bertz CT molecular complexity index is 1160. The van der Waals surface area contributed by atoms with Crippen molar-refractivity contribution in [2.75, 3.05) is 35.7 Å². The average molecular weight is 477 g/mol. The van der Waals surface area contributed by atoms with E-state index in [9.17, 15) is 9.00 Å². The molecule has 162 valence electrons. The zero-order valence-electron chi connectivity index (χ0n) is 16.9. The van der Waals surface area contributed by atoms with Crippen molar-refractivity contribution >= 4 is 56.5 Å². The Morgan fingerprint density at radius 2 is 2.00 bits per heavy atom. The third kappa shape index (κ3) is 4.29. The van der Waals surface area contributed by atoms with Gasteiger partial charge >= 0.3 is 0 Å². The van der Waals surface area contributed by atoms with E-state index in [0.29, 0.717) is 39.0 Å². The summed E-state index contributed by atoms with van der Waals surface area (Å²) in [5.41, 5.74) is 9.04. The van der Waals surface area contributed by atoms with Crippen LogP contribution in [0, 0.1) is 12.8 Å². The first kappa shape index (κ1) is 21.7. The first-order chi connectivity index (χ1) is 14.7. The van der Waals surface area contributed by atoms with Crippen molar-refractivity contribution in [2.24, 2.45) is 11.1 Å². The van der Waals surface area contributed by atoms with Gasteiger partial charge in [0.1, 0.15) is 21.0 Å². The summed E-state index contributed by atoms with van der Waals surface area (Å²) in [5.74, 6) is 0.235. The summed E-state index contributed by atoms with van der Waals surface area (Å²) in [6.45, 7) is 2.97. The molecule has 1 atom stereocenters. The van der Waals surface area contributed by atoms with Crippen molar-refractivity contribution in [3.8, 4) is 11.1 Å². The molecule has 1 aliphatic heterocycles. The van der Waals surface area contributed by atoms with Crippen molar-refractivity contribution in [3.63, 3.8) is 0 Å². The summed E-state index contributed by atoms with van der Waals surface area (Å²) >= 11 is 7.45. The first-order valence-corrected chi connectivity index (χ1v) is 11.8. The van der Waals surface area contributed by atoms with Crippen molar-refractivity contribution in [2.45, 2.75) is 11.1 Å². The maximum absolute atomic E-state index is 12.8. The molecule has 2 aromatic heterocycles. The highest BCUT2D eigenvalue weighted by Crippen LogP contribution is 2.33. The average Bonchev–Trinajstić information content (AvgIpc) is 3.09. The monoisotopic (exact) mass is 476 g/mol. The quantitative estimate of drug-likeness (QED) is 0.584. The van der Waals surface area contributed by atoms with Crippen molar-refractivity contribution in [1.82, 2.24) is 9.97 Å². The maximum Gasteiger partial charge on any atom is 0.235 e. The number of thiazole rings is 1. The standard InChI is InChI=1S/C20H21ClN6O2S2/c1-11-19(31(23)29)30-20(25-11)26(2)18(28)13-9-27(10-13)14-5-3-12(4-6-14)15-8-24-17(22)7-16(15)21/h3-8,13H,9-10,23H2,1-2H3,(H2,22,24). The molecule has 1 amide bonds. The molecule has 1 fully saturated rings. The van der Waals surface area contributed by atoms with Crippen LogP contribution in [0.15, 0.2) is 40.7 Å². The van der Waals surface area contributed by atoms with E-state index in [1.165, 1.54) is 16.2 Å². The minimum Gasteiger partial charge on any atom is -0.384 e. The van der Waals surface area contributed by atoms with Gasteiger partial charge in [-0.05, 0) is 30.7 Å². The molecule has 8 nitrogen and oxygen atoms in total. The molecule has 1 unspecified atom stereocenters. The zero-order valence-corrected chi connectivity index (χ0v) is 19.3. The van der Waals surface area contributed by atoms with Crippen molar-refractivity contribution in [1.29, 1.82) is 0 Å². The molecule has 0 bridgehead atoms. The molecule has 3 aromatic rings. The number of nitrogen functional groups attached to an aromatic ring is 1. The number of aryl methyl sites for hydroxylation is 1. The third-order valence-corrected chi connectivity index (χ3v) is 7.94. The van der Waals surface area contributed by atoms with Gasteiger partial charge in [-0.25, -0.2) is 19.3 Å². The lowest BCUT2D eigenvalue weighted by Gasteiger charge is -2.41. The molecule has 1 aliphatic rings. The van der Waals surface area contributed by atoms with Crippen LogP contribution < -0.4 is 20.7 Å². The summed E-state index contributed by atoms with van der Waals surface area (Å²) in [5, 5.41) is 6.52. The molecule has 0 saturated carbocycles. The Kier molecular flexibility index (Phi) is 5.98. The predicted molar refractivity (Wildman–Crippen MR) is 126 cm³/mol. The van der Waals surface area contributed by atoms with Gasteiger partial charge in [-0.3, -0.25) is 9.69 Å². The van der Waals surface area contributed by atoms with E-state index in [2.05, 4.69) is 14.9 Å². The molecule has 3 heterocycles. The van der Waals surface area contributed by atoms with E-state index in [4.69, 9.17) is 22.5 Å². The number of anilines is 3. The predicted octanol–water partition coefficient (Wildman–Crippen LogP) is 2.83. The number of halogens is 1. The molecule has 4 rings (SSSR count). The smallest absolute Gasteiger partial charge is 0.235 e. The van der Waals surface area contributed by atoms with E-state index in [0.717, 1.165) is 16.8 Å². The van der Waals surface area contributed by atoms with Crippen LogP contribution in [0.25, 0.3) is 11.1 Å². The maximum atomic E-state index is 12.8. The highest BCUT2D eigenvalue weighted by Gasteiger charge is 2.36. The largest absolute Gasteiger partial charge is 0.384 e. The number of nitrogens with zero attached hydrogens (tertiary/aromatic N) is 4. The van der Waals surface area contributed by atoms with Crippen LogP contribution in [0.3, 0.4) is 0 Å². The number of carbonyl (C=O) groups is 1. The number of rotatable bonds is 5. The highest BCUT2D eigenvalue weighted by molar-refractivity contribution is 7.85. The summed E-state index contributed by atoms with van der Waals surface area (Å²) < 4.78 is 12.0. The van der Waals surface area contributed by atoms with Crippen LogP contribution in [0.5, 0.6) is 0 Å². The summed E-state index contributed by atoms with van der Waals surface area (Å²) in [7, 11) is 0.0803. The van der Waals surface area contributed by atoms with Gasteiger partial charge in [-0.15, -0.1) is 0 Å². The fourth-order valence-corrected chi connectivity index (χ4v) is 5.35. The highest BCUT2D eigenvalue weighted by atomic mass is 35.5. The number of pyridine rings is 1. The van der Waals surface area contributed by atoms with E-state index in [1.54, 1.807) is 26.2 Å². The second-order valence-electron chi connectivity index (χ2n) is 7.30. The van der Waals surface area contributed by atoms with Gasteiger partial charge in [0.2, 0.25) is 5.91 Å². The van der Waals surface area contributed by atoms with Gasteiger partial charge in [0.25, 0.3) is 0 Å². The van der Waals surface area contributed by atoms with Gasteiger partial charge < -0.3 is 10.6 Å². The molecule has 0 aliphatic carbocycles. The molecule has 0 radical (unpaired) electrons. The molecule has 11 heteroatoms. The Morgan fingerprint density at radius 3 is 2.58 bits per heavy atom. The minimum atomic E-state index is -1.61. The molecule has 1 aromatic carbocycles. The van der Waals surface area contributed by atoms with Crippen LogP contribution in [0.4, 0.5) is 16.6 Å². The van der Waals surface area contributed by atoms with Gasteiger partial charge in [-0.2, -0.15) is 0 Å². The van der Waals surface area contributed by atoms with E-state index in [1.807, 2.05) is 24.3 Å². The van der Waals surface area contributed by atoms with Crippen LogP contribution >= 0.6 is 22.9 Å². The van der Waals surface area contributed by atoms with Crippen LogP contribution in [0.1, 0.15) is 5.69 Å². The minimum absolute atomic E-state index is 0.0179. The molecule has 0 spiro atoms. The van der Waals surface area contributed by atoms with Crippen LogP contribution in [0.2, 0.25) is 5.02 Å². The van der Waals surface area contributed by atoms with Crippen molar-refractivity contribution < 1.29 is 9.00 Å². The fourth-order valence-electron chi connectivity index (χ4n) is 3.42. The van der Waals surface area contributed by atoms with E-state index >= 15 is 0 Å². The van der Waals surface area contributed by atoms with Gasteiger partial charge in [0, 0.05) is 37.6 Å². The van der Waals surface area contributed by atoms with Gasteiger partial charge in [-0.1, -0.05) is 35.1 Å². The number of aromatic nitrogens is 2. The lowest BCUT2D eigenvalue weighted by Crippen LogP contribution is -2.54. The molecule has 31 heavy (non-hydrogen) atoms. The van der Waals surface area contributed by atoms with Gasteiger partial charge in [0.05, 0.1) is 16.6 Å². The molecule has 4 N–H and O–H groups in total. The Balaban J connectivity index is 1.40. The number of hydrogen-bond acceptors (Lipinski definition) is 7. The summed E-state index contributed by atoms with van der Waals surface area (Å²) in [6.07, 6.45) is 1.66. The second kappa shape index (κ2) is 8.54. The SMILES string of the molecule is Cc1nc(N(C)C(=O)C2CN(c3ccc(-c4cnc(N)cc4Cl)cc3)C2)sc1S(N)=O. The summed E-state index contributed by atoms with van der Waals surface area (Å²) in [4.78, 5) is 24.9. The summed E-state index contributed by atoms with van der Waals surface area (Å²) in [6, 6.07) is 9.58. The number of nitrogens with two attached hydrogens (primary N) is 2. The topological polar surface area (TPSA) is 118 Å². The lowest BCUT2D eigenvalue weighted by atomic mass is 9.97. The molecular formula is C20H21ClN6O2S2. The lowest BCUT2D eigenvalue weighted by molar-refractivity contribution is -0.122. The number of amides is 1. The third-order valence-electron chi connectivity index (χ3n) is 5.19. The fraction of sp³-hybridized carbons (Fsp3) is 0.250. The van der Waals surface area contributed by atoms with Crippen LogP contribution in [-0.4, -0.2) is 40.2 Å². The normalized spacial score (nSPS) is 14.9. The molecular weight excluding hydrogens is 456 g/mol. The van der Waals surface area contributed by atoms with E-state index in [-0.39, 0.29) is 11.8 Å². The first-order valence-electron chi connectivity index (χ1n) is 9.42. The van der Waals surface area contributed by atoms with Gasteiger partial charge in [0.15, 0.2) is 5.13 Å². The number of benzene rings is 1. The molecule has 1 saturated heterocycles. The van der Waals surface area contributed by atoms with Crippen LogP contribution in [-0.2, 0) is 15.8 Å². The zero-order chi connectivity index (χ0) is 22.3. The second-order valence-corrected chi connectivity index (χ2v) is 9.95. The number of hydrogen-bond donors (Lipinski definition) is 2. The Labute approximate surface area is 191 Å². The Morgan fingerprint density at radius 1 is 1.32 bits per heavy atom. The van der Waals surface area contributed by atoms with Crippen molar-refractivity contribution in [3.05, 3.63) is 47.2 Å². The Hall–Kier alpha value is -2.53.